The number of nitrogens with zero attached hydrogens (tertiary/aromatic N) is 1. The molecular formula is C16H18FNO3S. The van der Waals surface area contributed by atoms with Crippen molar-refractivity contribution in [1.82, 2.24) is 4.31 Å². The molecule has 1 saturated carbocycles. The summed E-state index contributed by atoms with van der Waals surface area (Å²) in [5, 5.41) is 0. The Morgan fingerprint density at radius 2 is 1.86 bits per heavy atom. The van der Waals surface area contributed by atoms with Gasteiger partial charge in [0.2, 0.25) is 10.0 Å². The van der Waals surface area contributed by atoms with Gasteiger partial charge in [-0.1, -0.05) is 6.92 Å². The van der Waals surface area contributed by atoms with Crippen LogP contribution in [0.4, 0.5) is 4.39 Å². The molecule has 1 aliphatic carbocycles. The molecule has 0 radical (unpaired) electrons. The first-order valence-corrected chi connectivity index (χ1v) is 8.62. The van der Waals surface area contributed by atoms with E-state index < -0.39 is 15.8 Å². The predicted octanol–water partition coefficient (Wildman–Crippen LogP) is 3.36. The van der Waals surface area contributed by atoms with E-state index in [0.29, 0.717) is 17.6 Å². The maximum absolute atomic E-state index is 12.9. The summed E-state index contributed by atoms with van der Waals surface area (Å²) in [6.07, 6.45) is 1.12. The van der Waals surface area contributed by atoms with Crippen molar-refractivity contribution in [2.75, 3.05) is 7.05 Å². The molecule has 0 N–H and O–H groups in total. The molecule has 0 unspecified atom stereocenters. The molecule has 22 heavy (non-hydrogen) atoms. The van der Waals surface area contributed by atoms with Crippen LogP contribution in [-0.4, -0.2) is 19.8 Å². The summed E-state index contributed by atoms with van der Waals surface area (Å²) in [6.45, 7) is 2.32. The second kappa shape index (κ2) is 5.52. The first-order valence-electron chi connectivity index (χ1n) is 7.18. The Morgan fingerprint density at radius 3 is 2.45 bits per heavy atom. The summed E-state index contributed by atoms with van der Waals surface area (Å²) in [4.78, 5) is 0.0685. The van der Waals surface area contributed by atoms with Crippen LogP contribution in [-0.2, 0) is 16.6 Å². The van der Waals surface area contributed by atoms with Gasteiger partial charge in [0.25, 0.3) is 0 Å². The van der Waals surface area contributed by atoms with Gasteiger partial charge in [-0.2, -0.15) is 4.31 Å². The summed E-state index contributed by atoms with van der Waals surface area (Å²) in [5.74, 6) is 2.18. The van der Waals surface area contributed by atoms with Gasteiger partial charge in [0.05, 0.1) is 11.4 Å². The van der Waals surface area contributed by atoms with E-state index in [1.54, 1.807) is 0 Å². The van der Waals surface area contributed by atoms with Gasteiger partial charge in [-0.3, -0.25) is 0 Å². The first-order chi connectivity index (χ1) is 10.4. The fraction of sp³-hybridized carbons (Fsp3) is 0.375. The molecule has 3 rings (SSSR count). The minimum atomic E-state index is -3.65. The molecule has 118 valence electrons. The van der Waals surface area contributed by atoms with Crippen molar-refractivity contribution < 1.29 is 17.2 Å². The molecule has 2 aromatic rings. The monoisotopic (exact) mass is 323 g/mol. The van der Waals surface area contributed by atoms with Gasteiger partial charge in [-0.25, -0.2) is 12.8 Å². The number of sulfonamides is 1. The van der Waals surface area contributed by atoms with Crippen LogP contribution in [0.25, 0.3) is 0 Å². The Hall–Kier alpha value is -1.66. The Labute approximate surface area is 129 Å². The lowest BCUT2D eigenvalue weighted by molar-refractivity contribution is 0.389. The number of hydrogen-bond acceptors (Lipinski definition) is 3. The standard InChI is InChI=1S/C16H18FNO3S/c1-11-9-15(11)16-8-5-13(21-16)10-18(2)22(19,20)14-6-3-12(17)4-7-14/h3-8,11,15H,9-10H2,1-2H3/t11-,15-/m1/s1. The van der Waals surface area contributed by atoms with Crippen LogP contribution in [0, 0.1) is 11.7 Å². The highest BCUT2D eigenvalue weighted by Crippen LogP contribution is 2.47. The van der Waals surface area contributed by atoms with Crippen molar-refractivity contribution in [2.24, 2.45) is 5.92 Å². The molecule has 1 aromatic carbocycles. The lowest BCUT2D eigenvalue weighted by Gasteiger charge is -2.15. The first kappa shape index (κ1) is 15.2. The maximum Gasteiger partial charge on any atom is 0.243 e. The van der Waals surface area contributed by atoms with Crippen LogP contribution in [0.3, 0.4) is 0 Å². The average Bonchev–Trinajstić information content (AvgIpc) is 3.02. The molecule has 0 saturated heterocycles. The van der Waals surface area contributed by atoms with Gasteiger partial charge in [0.1, 0.15) is 17.3 Å². The van der Waals surface area contributed by atoms with E-state index in [1.165, 1.54) is 23.5 Å². The molecule has 1 aromatic heterocycles. The Balaban J connectivity index is 1.74. The van der Waals surface area contributed by atoms with Gasteiger partial charge in [0, 0.05) is 13.0 Å². The van der Waals surface area contributed by atoms with Crippen molar-refractivity contribution in [1.29, 1.82) is 0 Å². The molecule has 1 aliphatic rings. The molecule has 0 aliphatic heterocycles. The van der Waals surface area contributed by atoms with E-state index in [4.69, 9.17) is 4.42 Å². The topological polar surface area (TPSA) is 50.5 Å². The molecule has 1 heterocycles. The molecule has 2 atom stereocenters. The van der Waals surface area contributed by atoms with E-state index in [2.05, 4.69) is 6.92 Å². The Bertz CT molecular complexity index is 767. The zero-order valence-electron chi connectivity index (χ0n) is 12.5. The van der Waals surface area contributed by atoms with Crippen LogP contribution in [0.15, 0.2) is 45.7 Å². The maximum atomic E-state index is 12.9. The zero-order valence-corrected chi connectivity index (χ0v) is 13.3. The summed E-state index contributed by atoms with van der Waals surface area (Å²) in [5.41, 5.74) is 0. The normalized spacial score (nSPS) is 21.3. The third kappa shape index (κ3) is 2.94. The smallest absolute Gasteiger partial charge is 0.243 e. The van der Waals surface area contributed by atoms with E-state index in [9.17, 15) is 12.8 Å². The SMILES string of the molecule is C[C@@H]1C[C@H]1c1ccc(CN(C)S(=O)(=O)c2ccc(F)cc2)o1. The van der Waals surface area contributed by atoms with Crippen LogP contribution in [0.2, 0.25) is 0 Å². The van der Waals surface area contributed by atoms with E-state index in [-0.39, 0.29) is 11.4 Å². The Kier molecular flexibility index (Phi) is 3.82. The fourth-order valence-corrected chi connectivity index (χ4v) is 3.63. The molecule has 0 spiro atoms. The minimum Gasteiger partial charge on any atom is -0.464 e. The van der Waals surface area contributed by atoms with Crippen molar-refractivity contribution in [3.8, 4) is 0 Å². The molecule has 0 amide bonds. The van der Waals surface area contributed by atoms with Crippen molar-refractivity contribution in [2.45, 2.75) is 30.7 Å². The van der Waals surface area contributed by atoms with Crippen molar-refractivity contribution >= 4 is 10.0 Å². The highest BCUT2D eigenvalue weighted by Gasteiger charge is 2.36. The van der Waals surface area contributed by atoms with Crippen LogP contribution < -0.4 is 0 Å². The third-order valence-electron chi connectivity index (χ3n) is 4.06. The van der Waals surface area contributed by atoms with Crippen LogP contribution in [0.1, 0.15) is 30.8 Å². The molecule has 6 heteroatoms. The minimum absolute atomic E-state index is 0.0685. The third-order valence-corrected chi connectivity index (χ3v) is 5.88. The highest BCUT2D eigenvalue weighted by atomic mass is 32.2. The number of halogens is 1. The largest absolute Gasteiger partial charge is 0.464 e. The molecule has 4 nitrogen and oxygen atoms in total. The number of benzene rings is 1. The summed E-state index contributed by atoms with van der Waals surface area (Å²) in [6, 6.07) is 8.54. The zero-order chi connectivity index (χ0) is 15.9. The molecular weight excluding hydrogens is 305 g/mol. The van der Waals surface area contributed by atoms with Crippen LogP contribution >= 0.6 is 0 Å². The summed E-state index contributed by atoms with van der Waals surface area (Å²) >= 11 is 0. The second-order valence-corrected chi connectivity index (χ2v) is 7.88. The van der Waals surface area contributed by atoms with Gasteiger partial charge in [-0.15, -0.1) is 0 Å². The van der Waals surface area contributed by atoms with E-state index in [0.717, 1.165) is 24.3 Å². The molecule has 1 fully saturated rings. The quantitative estimate of drug-likeness (QED) is 0.848. The highest BCUT2D eigenvalue weighted by molar-refractivity contribution is 7.89. The van der Waals surface area contributed by atoms with E-state index >= 15 is 0 Å². The van der Waals surface area contributed by atoms with Crippen molar-refractivity contribution in [3.63, 3.8) is 0 Å². The lowest BCUT2D eigenvalue weighted by atomic mass is 10.3. The fourth-order valence-electron chi connectivity index (χ4n) is 2.49. The van der Waals surface area contributed by atoms with Gasteiger partial charge < -0.3 is 4.42 Å². The van der Waals surface area contributed by atoms with Gasteiger partial charge in [0.15, 0.2) is 0 Å². The Morgan fingerprint density at radius 1 is 1.23 bits per heavy atom. The lowest BCUT2D eigenvalue weighted by Crippen LogP contribution is -2.26. The second-order valence-electron chi connectivity index (χ2n) is 5.84. The number of furan rings is 1. The predicted molar refractivity (Wildman–Crippen MR) is 80.3 cm³/mol. The van der Waals surface area contributed by atoms with Crippen molar-refractivity contribution in [3.05, 3.63) is 53.7 Å². The molecule has 0 bridgehead atoms. The number of rotatable bonds is 5. The number of hydrogen-bond donors (Lipinski definition) is 0. The summed E-state index contributed by atoms with van der Waals surface area (Å²) in [7, 11) is -2.17. The summed E-state index contributed by atoms with van der Waals surface area (Å²) < 4.78 is 44.7. The van der Waals surface area contributed by atoms with E-state index in [1.807, 2.05) is 12.1 Å². The van der Waals surface area contributed by atoms with Gasteiger partial charge >= 0.3 is 0 Å². The van der Waals surface area contributed by atoms with Gasteiger partial charge in [-0.05, 0) is 48.7 Å². The average molecular weight is 323 g/mol. The van der Waals surface area contributed by atoms with Crippen LogP contribution in [0.5, 0.6) is 0 Å².